The fraction of sp³-hybridized carbons (Fsp3) is 0.519. The molecule has 3 atom stereocenters. The van der Waals surface area contributed by atoms with Gasteiger partial charge in [0.15, 0.2) is 5.65 Å². The summed E-state index contributed by atoms with van der Waals surface area (Å²) in [6.07, 6.45) is 6.13. The second-order valence-electron chi connectivity index (χ2n) is 10.8. The van der Waals surface area contributed by atoms with E-state index < -0.39 is 0 Å². The second-order valence-corrected chi connectivity index (χ2v) is 11.8. The maximum absolute atomic E-state index is 11.9. The number of thiophene rings is 1. The molecule has 184 valence electrons. The number of likely N-dealkylation sites (N-methyl/N-ethyl adjacent to an activating group) is 1. The quantitative estimate of drug-likeness (QED) is 0.417. The molecule has 0 spiro atoms. The van der Waals surface area contributed by atoms with Crippen molar-refractivity contribution in [2.45, 2.75) is 65.3 Å². The summed E-state index contributed by atoms with van der Waals surface area (Å²) in [5, 5.41) is 8.61. The Morgan fingerprint density at radius 1 is 1.23 bits per heavy atom. The Bertz CT molecular complexity index is 1460. The molecule has 0 aromatic carbocycles. The molecule has 6 rings (SSSR count). The molecular weight excluding hydrogens is 456 g/mol. The maximum atomic E-state index is 11.9. The van der Waals surface area contributed by atoms with E-state index in [-0.39, 0.29) is 5.91 Å². The first-order valence-corrected chi connectivity index (χ1v) is 13.5. The maximum Gasteiger partial charge on any atom is 0.233 e. The Morgan fingerprint density at radius 2 is 2.03 bits per heavy atom. The highest BCUT2D eigenvalue weighted by Crippen LogP contribution is 2.53. The zero-order valence-electron chi connectivity index (χ0n) is 21.4. The van der Waals surface area contributed by atoms with Crippen LogP contribution in [0, 0.1) is 26.7 Å². The molecule has 1 aliphatic heterocycles. The largest absolute Gasteiger partial charge is 0.358 e. The van der Waals surface area contributed by atoms with Crippen LogP contribution in [0.25, 0.3) is 27.1 Å². The molecule has 7 nitrogen and oxygen atoms in total. The van der Waals surface area contributed by atoms with Gasteiger partial charge in [-0.15, -0.1) is 11.3 Å². The topological polar surface area (TPSA) is 78.3 Å². The van der Waals surface area contributed by atoms with Crippen LogP contribution in [-0.2, 0) is 4.79 Å². The van der Waals surface area contributed by atoms with Gasteiger partial charge in [-0.1, -0.05) is 13.8 Å². The van der Waals surface area contributed by atoms with Gasteiger partial charge in [-0.2, -0.15) is 5.10 Å². The molecule has 1 saturated carbocycles. The van der Waals surface area contributed by atoms with Crippen LogP contribution in [0.1, 0.15) is 65.7 Å². The number of rotatable bonds is 5. The monoisotopic (exact) mass is 490 g/mol. The van der Waals surface area contributed by atoms with Gasteiger partial charge in [-0.05, 0) is 73.6 Å². The number of aromatic nitrogens is 4. The van der Waals surface area contributed by atoms with Crippen LogP contribution in [0.3, 0.4) is 0 Å². The summed E-state index contributed by atoms with van der Waals surface area (Å²) in [6, 6.07) is 0.530. The molecule has 2 bridgehead atoms. The lowest BCUT2D eigenvalue weighted by Crippen LogP contribution is -2.41. The molecule has 2 aliphatic rings. The van der Waals surface area contributed by atoms with E-state index in [0.717, 1.165) is 18.6 Å². The molecule has 4 aromatic rings. The average Bonchev–Trinajstić information content (AvgIpc) is 3.63. The van der Waals surface area contributed by atoms with E-state index >= 15 is 0 Å². The predicted octanol–water partition coefficient (Wildman–Crippen LogP) is 4.91. The average molecular weight is 491 g/mol. The first-order chi connectivity index (χ1) is 16.8. The van der Waals surface area contributed by atoms with Crippen LogP contribution < -0.4 is 5.32 Å². The minimum Gasteiger partial charge on any atom is -0.358 e. The lowest BCUT2D eigenvalue weighted by Gasteiger charge is -2.30. The number of carbonyl (C=O) groups excluding carboxylic acids is 1. The zero-order chi connectivity index (χ0) is 24.6. The molecule has 5 heterocycles. The zero-order valence-corrected chi connectivity index (χ0v) is 22.2. The Labute approximate surface area is 209 Å². The van der Waals surface area contributed by atoms with Crippen molar-refractivity contribution in [1.29, 1.82) is 0 Å². The fourth-order valence-corrected chi connectivity index (χ4v) is 8.10. The number of nitrogens with one attached hydrogen (secondary N) is 2. The van der Waals surface area contributed by atoms with E-state index in [1.807, 2.05) is 15.9 Å². The summed E-state index contributed by atoms with van der Waals surface area (Å²) in [5.74, 6) is 1.77. The van der Waals surface area contributed by atoms with Gasteiger partial charge < -0.3 is 10.3 Å². The van der Waals surface area contributed by atoms with Crippen molar-refractivity contribution in [2.75, 3.05) is 20.1 Å². The van der Waals surface area contributed by atoms with Crippen LogP contribution in [0.4, 0.5) is 0 Å². The third-order valence-electron chi connectivity index (χ3n) is 8.55. The van der Waals surface area contributed by atoms with Gasteiger partial charge in [-0.3, -0.25) is 9.69 Å². The number of carbonyl (C=O) groups is 1. The van der Waals surface area contributed by atoms with Crippen LogP contribution in [0.2, 0.25) is 0 Å². The molecule has 2 N–H and O–H groups in total. The number of aryl methyl sites for hydroxylation is 2. The van der Waals surface area contributed by atoms with Gasteiger partial charge in [0.05, 0.1) is 12.2 Å². The minimum absolute atomic E-state index is 0.124. The third kappa shape index (κ3) is 3.37. The number of fused-ring (bicyclic) bond motifs is 4. The number of nitrogens with zero attached hydrogens (tertiary/aromatic N) is 4. The normalized spacial score (nSPS) is 22.3. The number of hydrogen-bond acceptors (Lipinski definition) is 5. The van der Waals surface area contributed by atoms with Crippen molar-refractivity contribution in [2.24, 2.45) is 5.92 Å². The minimum atomic E-state index is 0.124. The molecule has 2 fully saturated rings. The van der Waals surface area contributed by atoms with E-state index in [0.29, 0.717) is 30.3 Å². The molecular formula is C27H34N6OS. The summed E-state index contributed by atoms with van der Waals surface area (Å²) in [5.41, 5.74) is 8.63. The lowest BCUT2D eigenvalue weighted by molar-refractivity contribution is -0.122. The van der Waals surface area contributed by atoms with Crippen molar-refractivity contribution in [3.63, 3.8) is 0 Å². The highest BCUT2D eigenvalue weighted by atomic mass is 32.1. The number of pyridine rings is 1. The van der Waals surface area contributed by atoms with E-state index in [2.05, 4.69) is 66.1 Å². The second kappa shape index (κ2) is 8.17. The molecule has 1 aliphatic carbocycles. The summed E-state index contributed by atoms with van der Waals surface area (Å²) in [7, 11) is 1.73. The van der Waals surface area contributed by atoms with E-state index in [1.165, 1.54) is 50.1 Å². The van der Waals surface area contributed by atoms with Gasteiger partial charge in [-0.25, -0.2) is 9.50 Å². The summed E-state index contributed by atoms with van der Waals surface area (Å²) in [4.78, 5) is 25.4. The van der Waals surface area contributed by atoms with E-state index in [4.69, 9.17) is 0 Å². The third-order valence-corrected chi connectivity index (χ3v) is 9.89. The SMILES string of the molecule is CNC(=O)CN1C[C@@H]2CC1C[C@H]2c1sc2[nH]c(-c3cn4ncnc4c(C)c3C)c(C(C)C)c2c1C. The van der Waals surface area contributed by atoms with Crippen LogP contribution >= 0.6 is 11.3 Å². The molecule has 1 unspecified atom stereocenters. The molecule has 0 radical (unpaired) electrons. The molecule has 4 aromatic heterocycles. The van der Waals surface area contributed by atoms with Crippen LogP contribution in [0.5, 0.6) is 0 Å². The fourth-order valence-electron chi connectivity index (χ4n) is 6.67. The lowest BCUT2D eigenvalue weighted by atomic mass is 9.88. The molecule has 1 saturated heterocycles. The van der Waals surface area contributed by atoms with E-state index in [1.54, 1.807) is 18.3 Å². The van der Waals surface area contributed by atoms with Crippen molar-refractivity contribution in [3.05, 3.63) is 39.7 Å². The Balaban J connectivity index is 1.40. The summed E-state index contributed by atoms with van der Waals surface area (Å²) in [6.45, 7) is 12.8. The van der Waals surface area contributed by atoms with E-state index in [9.17, 15) is 4.79 Å². The number of H-pyrrole nitrogens is 1. The van der Waals surface area contributed by atoms with Gasteiger partial charge in [0.25, 0.3) is 0 Å². The number of likely N-dealkylation sites (tertiary alicyclic amines) is 1. The Hall–Kier alpha value is -2.71. The Morgan fingerprint density at radius 3 is 2.71 bits per heavy atom. The van der Waals surface area contributed by atoms with Gasteiger partial charge >= 0.3 is 0 Å². The molecule has 8 heteroatoms. The number of amides is 1. The Kier molecular flexibility index (Phi) is 5.30. The number of hydrogen-bond donors (Lipinski definition) is 2. The van der Waals surface area contributed by atoms with Crippen molar-refractivity contribution in [3.8, 4) is 11.3 Å². The number of aromatic amines is 1. The van der Waals surface area contributed by atoms with Crippen molar-refractivity contribution in [1.82, 2.24) is 29.8 Å². The van der Waals surface area contributed by atoms with Crippen molar-refractivity contribution >= 4 is 33.1 Å². The van der Waals surface area contributed by atoms with Gasteiger partial charge in [0.2, 0.25) is 5.91 Å². The highest BCUT2D eigenvalue weighted by molar-refractivity contribution is 7.19. The van der Waals surface area contributed by atoms with Crippen LogP contribution in [0.15, 0.2) is 12.5 Å². The molecule has 35 heavy (non-hydrogen) atoms. The van der Waals surface area contributed by atoms with Gasteiger partial charge in [0.1, 0.15) is 11.2 Å². The highest BCUT2D eigenvalue weighted by Gasteiger charge is 2.46. The molecule has 1 amide bonds. The smallest absolute Gasteiger partial charge is 0.233 e. The predicted molar refractivity (Wildman–Crippen MR) is 141 cm³/mol. The van der Waals surface area contributed by atoms with Crippen molar-refractivity contribution < 1.29 is 4.79 Å². The standard InChI is InChI=1S/C27H34N6OS/c1-13(2)22-23-16(5)25(19-8-18-7-17(19)9-32(18)11-21(34)28-6)35-27(23)31-24(22)20-10-33-26(29-12-30-33)15(4)14(20)3/h10,12-13,17-19,31H,7-9,11H2,1-6H3,(H,28,34)/t17-,18?,19+/m0/s1. The summed E-state index contributed by atoms with van der Waals surface area (Å²) < 4.78 is 1.90. The number of piperidine rings is 1. The summed E-state index contributed by atoms with van der Waals surface area (Å²) >= 11 is 1.95. The first-order valence-electron chi connectivity index (χ1n) is 12.7. The van der Waals surface area contributed by atoms with Gasteiger partial charge in [0, 0.05) is 41.7 Å². The van der Waals surface area contributed by atoms with Crippen LogP contribution in [-0.4, -0.2) is 56.6 Å². The first kappa shape index (κ1) is 22.7.